The molecular weight excluding hydrogens is 338 g/mol. The largest absolute Gasteiger partial charge is 0.349 e. The number of nitrogens with zero attached hydrogens (tertiary/aromatic N) is 1. The minimum atomic E-state index is -0.120. The third-order valence-electron chi connectivity index (χ3n) is 5.47. The Morgan fingerprint density at radius 2 is 1.48 bits per heavy atom. The fourth-order valence-corrected chi connectivity index (χ4v) is 3.90. The molecule has 0 atom stereocenters. The van der Waals surface area contributed by atoms with Gasteiger partial charge in [-0.2, -0.15) is 0 Å². The molecule has 1 saturated carbocycles. The second kappa shape index (κ2) is 7.82. The Kier molecular flexibility index (Phi) is 5.10. The summed E-state index contributed by atoms with van der Waals surface area (Å²) in [6.07, 6.45) is 5.78. The highest BCUT2D eigenvalue weighted by molar-refractivity contribution is 5.95. The van der Waals surface area contributed by atoms with Crippen LogP contribution in [0.1, 0.15) is 53.6 Å². The number of fused-ring (bicyclic) bond motifs is 1. The van der Waals surface area contributed by atoms with Gasteiger partial charge in [0.15, 0.2) is 0 Å². The van der Waals surface area contributed by atoms with Crippen LogP contribution in [0.15, 0.2) is 48.5 Å². The van der Waals surface area contributed by atoms with E-state index in [1.807, 2.05) is 12.1 Å². The highest BCUT2D eigenvalue weighted by Crippen LogP contribution is 2.23. The lowest BCUT2D eigenvalue weighted by molar-refractivity contribution is 0.0927. The van der Waals surface area contributed by atoms with Gasteiger partial charge in [0.2, 0.25) is 0 Å². The standard InChI is InChI=1S/C22H25N3O2/c26-21(23-19-8-2-1-3-9-19)16-10-12-20(13-11-16)24-22(27)25-14-17-6-4-5-7-18(17)15-25/h4-7,10-13,19H,1-3,8-9,14-15H2,(H,23,26)(H,24,27). The lowest BCUT2D eigenvalue weighted by Crippen LogP contribution is -2.36. The molecule has 0 spiro atoms. The minimum absolute atomic E-state index is 0.0326. The average Bonchev–Trinajstić information content (AvgIpc) is 3.14. The maximum atomic E-state index is 12.5. The lowest BCUT2D eigenvalue weighted by Gasteiger charge is -2.22. The van der Waals surface area contributed by atoms with Crippen molar-refractivity contribution in [3.05, 3.63) is 65.2 Å². The number of urea groups is 1. The summed E-state index contributed by atoms with van der Waals surface area (Å²) in [5, 5.41) is 6.04. The molecule has 2 N–H and O–H groups in total. The first-order chi connectivity index (χ1) is 13.2. The van der Waals surface area contributed by atoms with Gasteiger partial charge < -0.3 is 15.5 Å². The van der Waals surface area contributed by atoms with Crippen LogP contribution in [0.4, 0.5) is 10.5 Å². The SMILES string of the molecule is O=C(NC1CCCCC1)c1ccc(NC(=O)N2Cc3ccccc3C2)cc1. The van der Waals surface area contributed by atoms with Crippen LogP contribution in [-0.2, 0) is 13.1 Å². The van der Waals surface area contributed by atoms with Gasteiger partial charge in [0.25, 0.3) is 5.91 Å². The van der Waals surface area contributed by atoms with Crippen LogP contribution in [0.5, 0.6) is 0 Å². The van der Waals surface area contributed by atoms with Gasteiger partial charge in [-0.25, -0.2) is 4.79 Å². The zero-order chi connectivity index (χ0) is 18.6. The van der Waals surface area contributed by atoms with Crippen LogP contribution >= 0.6 is 0 Å². The summed E-state index contributed by atoms with van der Waals surface area (Å²) in [5.74, 6) is -0.0326. The van der Waals surface area contributed by atoms with E-state index in [-0.39, 0.29) is 11.9 Å². The van der Waals surface area contributed by atoms with Crippen molar-refractivity contribution in [3.8, 4) is 0 Å². The molecule has 3 amide bonds. The summed E-state index contributed by atoms with van der Waals surface area (Å²) in [6.45, 7) is 1.26. The molecule has 1 fully saturated rings. The normalized spacial score (nSPS) is 16.7. The molecule has 1 heterocycles. The minimum Gasteiger partial charge on any atom is -0.349 e. The summed E-state index contributed by atoms with van der Waals surface area (Å²) in [7, 11) is 0. The zero-order valence-corrected chi connectivity index (χ0v) is 15.4. The number of nitrogens with one attached hydrogen (secondary N) is 2. The van der Waals surface area contributed by atoms with Crippen LogP contribution in [0, 0.1) is 0 Å². The predicted molar refractivity (Wildman–Crippen MR) is 105 cm³/mol. The van der Waals surface area contributed by atoms with Crippen molar-refractivity contribution in [3.63, 3.8) is 0 Å². The molecule has 140 valence electrons. The Morgan fingerprint density at radius 1 is 0.852 bits per heavy atom. The van der Waals surface area contributed by atoms with Gasteiger partial charge in [0.05, 0.1) is 0 Å². The Balaban J connectivity index is 1.32. The molecule has 5 heteroatoms. The molecule has 2 aliphatic rings. The predicted octanol–water partition coefficient (Wildman–Crippen LogP) is 4.30. The number of amides is 3. The molecule has 1 aliphatic carbocycles. The van der Waals surface area contributed by atoms with Gasteiger partial charge in [-0.1, -0.05) is 43.5 Å². The first-order valence-electron chi connectivity index (χ1n) is 9.73. The molecule has 4 rings (SSSR count). The number of hydrogen-bond acceptors (Lipinski definition) is 2. The fourth-order valence-electron chi connectivity index (χ4n) is 3.90. The third-order valence-corrected chi connectivity index (χ3v) is 5.47. The Bertz CT molecular complexity index is 801. The smallest absolute Gasteiger partial charge is 0.322 e. The second-order valence-electron chi connectivity index (χ2n) is 7.44. The van der Waals surface area contributed by atoms with Crippen LogP contribution < -0.4 is 10.6 Å². The molecule has 0 radical (unpaired) electrons. The Hall–Kier alpha value is -2.82. The van der Waals surface area contributed by atoms with Gasteiger partial charge in [-0.15, -0.1) is 0 Å². The van der Waals surface area contributed by atoms with E-state index in [9.17, 15) is 9.59 Å². The van der Waals surface area contributed by atoms with Gasteiger partial charge in [0.1, 0.15) is 0 Å². The van der Waals surface area contributed by atoms with Crippen molar-refractivity contribution in [2.45, 2.75) is 51.2 Å². The van der Waals surface area contributed by atoms with Gasteiger partial charge in [0, 0.05) is 30.4 Å². The highest BCUT2D eigenvalue weighted by atomic mass is 16.2. The monoisotopic (exact) mass is 363 g/mol. The van der Waals surface area contributed by atoms with Crippen LogP contribution in [0.25, 0.3) is 0 Å². The first kappa shape index (κ1) is 17.6. The summed E-state index contributed by atoms with van der Waals surface area (Å²) in [5.41, 5.74) is 3.72. The first-order valence-corrected chi connectivity index (χ1v) is 9.73. The quantitative estimate of drug-likeness (QED) is 0.854. The van der Waals surface area contributed by atoms with Crippen LogP contribution in [-0.4, -0.2) is 22.9 Å². The van der Waals surface area contributed by atoms with Gasteiger partial charge in [-0.05, 0) is 48.2 Å². The molecular formula is C22H25N3O2. The number of anilines is 1. The van der Waals surface area contributed by atoms with E-state index in [1.54, 1.807) is 29.2 Å². The zero-order valence-electron chi connectivity index (χ0n) is 15.4. The molecule has 2 aromatic rings. The van der Waals surface area contributed by atoms with E-state index in [1.165, 1.54) is 30.4 Å². The third kappa shape index (κ3) is 4.13. The van der Waals surface area contributed by atoms with Crippen LogP contribution in [0.2, 0.25) is 0 Å². The van der Waals surface area contributed by atoms with Crippen molar-refractivity contribution in [2.24, 2.45) is 0 Å². The van der Waals surface area contributed by atoms with Gasteiger partial charge >= 0.3 is 6.03 Å². The molecule has 0 unspecified atom stereocenters. The fraction of sp³-hybridized carbons (Fsp3) is 0.364. The molecule has 27 heavy (non-hydrogen) atoms. The summed E-state index contributed by atoms with van der Waals surface area (Å²) >= 11 is 0. The maximum Gasteiger partial charge on any atom is 0.322 e. The molecule has 1 aliphatic heterocycles. The lowest BCUT2D eigenvalue weighted by atomic mass is 9.95. The van der Waals surface area contributed by atoms with Crippen molar-refractivity contribution >= 4 is 17.6 Å². The van der Waals surface area contributed by atoms with E-state index >= 15 is 0 Å². The summed E-state index contributed by atoms with van der Waals surface area (Å²) in [4.78, 5) is 26.7. The van der Waals surface area contributed by atoms with Crippen molar-refractivity contribution in [1.82, 2.24) is 10.2 Å². The molecule has 2 aromatic carbocycles. The van der Waals surface area contributed by atoms with Crippen molar-refractivity contribution < 1.29 is 9.59 Å². The van der Waals surface area contributed by atoms with Gasteiger partial charge in [-0.3, -0.25) is 4.79 Å². The molecule has 0 aromatic heterocycles. The number of carbonyl (C=O) groups excluding carboxylic acids is 2. The maximum absolute atomic E-state index is 12.5. The summed E-state index contributed by atoms with van der Waals surface area (Å²) < 4.78 is 0. The van der Waals surface area contributed by atoms with Crippen LogP contribution in [0.3, 0.4) is 0 Å². The molecule has 0 saturated heterocycles. The van der Waals surface area contributed by atoms with Crippen molar-refractivity contribution in [1.29, 1.82) is 0 Å². The average molecular weight is 363 g/mol. The van der Waals surface area contributed by atoms with E-state index < -0.39 is 0 Å². The van der Waals surface area contributed by atoms with E-state index in [2.05, 4.69) is 22.8 Å². The number of carbonyl (C=O) groups is 2. The van der Waals surface area contributed by atoms with Crippen molar-refractivity contribution in [2.75, 3.05) is 5.32 Å². The van der Waals surface area contributed by atoms with E-state index in [4.69, 9.17) is 0 Å². The number of rotatable bonds is 3. The second-order valence-corrected chi connectivity index (χ2v) is 7.44. The Morgan fingerprint density at radius 3 is 2.11 bits per heavy atom. The topological polar surface area (TPSA) is 61.4 Å². The molecule has 0 bridgehead atoms. The van der Waals surface area contributed by atoms with E-state index in [0.717, 1.165) is 12.8 Å². The highest BCUT2D eigenvalue weighted by Gasteiger charge is 2.23. The molecule has 5 nitrogen and oxygen atoms in total. The number of benzene rings is 2. The van der Waals surface area contributed by atoms with E-state index in [0.29, 0.717) is 30.4 Å². The Labute approximate surface area is 159 Å². The summed E-state index contributed by atoms with van der Waals surface area (Å²) in [6, 6.07) is 15.4. The number of hydrogen-bond donors (Lipinski definition) is 2.